The first-order valence-electron chi connectivity index (χ1n) is 9.16. The largest absolute Gasteiger partial charge is 0.443 e. The van der Waals surface area contributed by atoms with Crippen LogP contribution in [0.4, 0.5) is 10.1 Å². The third kappa shape index (κ3) is 6.58. The molecule has 1 aromatic carbocycles. The summed E-state index contributed by atoms with van der Waals surface area (Å²) in [5, 5.41) is 6.46. The van der Waals surface area contributed by atoms with Crippen LogP contribution in [0.25, 0.3) is 0 Å². The lowest BCUT2D eigenvalue weighted by molar-refractivity contribution is 0.379. The van der Waals surface area contributed by atoms with Crippen molar-refractivity contribution in [1.82, 2.24) is 15.6 Å². The number of aliphatic imine (C=N–C) groups is 1. The lowest BCUT2D eigenvalue weighted by Crippen LogP contribution is -2.38. The molecule has 0 aliphatic rings. The molecule has 0 saturated heterocycles. The second-order valence-electron chi connectivity index (χ2n) is 7.48. The zero-order valence-corrected chi connectivity index (χ0v) is 16.8. The van der Waals surface area contributed by atoms with Crippen molar-refractivity contribution in [3.05, 3.63) is 47.9 Å². The lowest BCUT2D eigenvalue weighted by Gasteiger charge is -2.19. The molecule has 0 amide bonds. The standard InChI is InChI=1S/C20H30FN5O/c1-20(2,3)17-13-24-18(27-17)14-25-19(22-4)23-10-7-11-26(5)16-9-6-8-15(21)12-16/h6,8-9,12-13H,7,10-11,14H2,1-5H3,(H2,22,23,25). The molecule has 27 heavy (non-hydrogen) atoms. The summed E-state index contributed by atoms with van der Waals surface area (Å²) in [5.74, 6) is 1.97. The molecule has 0 atom stereocenters. The lowest BCUT2D eigenvalue weighted by atomic mass is 9.94. The summed E-state index contributed by atoms with van der Waals surface area (Å²) in [4.78, 5) is 10.5. The van der Waals surface area contributed by atoms with E-state index in [-0.39, 0.29) is 11.2 Å². The van der Waals surface area contributed by atoms with Crippen molar-refractivity contribution in [3.8, 4) is 0 Å². The van der Waals surface area contributed by atoms with Crippen LogP contribution in [0.5, 0.6) is 0 Å². The van der Waals surface area contributed by atoms with E-state index in [2.05, 4.69) is 41.4 Å². The molecule has 7 heteroatoms. The van der Waals surface area contributed by atoms with Gasteiger partial charge in [0, 0.05) is 38.3 Å². The molecule has 2 N–H and O–H groups in total. The van der Waals surface area contributed by atoms with Gasteiger partial charge in [0.15, 0.2) is 5.96 Å². The molecular formula is C20H30FN5O. The number of hydrogen-bond acceptors (Lipinski definition) is 4. The van der Waals surface area contributed by atoms with Crippen molar-refractivity contribution >= 4 is 11.6 Å². The zero-order chi connectivity index (χ0) is 19.9. The van der Waals surface area contributed by atoms with Gasteiger partial charge in [-0.2, -0.15) is 0 Å². The van der Waals surface area contributed by atoms with E-state index in [0.29, 0.717) is 18.4 Å². The van der Waals surface area contributed by atoms with Gasteiger partial charge in [0.2, 0.25) is 5.89 Å². The predicted octanol–water partition coefficient (Wildman–Crippen LogP) is 3.30. The molecular weight excluding hydrogens is 345 g/mol. The molecule has 2 rings (SSSR count). The van der Waals surface area contributed by atoms with Crippen molar-refractivity contribution in [2.45, 2.75) is 39.2 Å². The maximum absolute atomic E-state index is 13.3. The van der Waals surface area contributed by atoms with Gasteiger partial charge in [0.1, 0.15) is 11.6 Å². The van der Waals surface area contributed by atoms with Crippen molar-refractivity contribution < 1.29 is 8.81 Å². The smallest absolute Gasteiger partial charge is 0.213 e. The minimum absolute atomic E-state index is 0.0567. The number of hydrogen-bond donors (Lipinski definition) is 2. The average Bonchev–Trinajstić information content (AvgIpc) is 3.10. The molecule has 0 unspecified atom stereocenters. The fraction of sp³-hybridized carbons (Fsp3) is 0.500. The van der Waals surface area contributed by atoms with E-state index in [1.54, 1.807) is 19.3 Å². The maximum Gasteiger partial charge on any atom is 0.213 e. The Balaban J connectivity index is 1.72. The minimum Gasteiger partial charge on any atom is -0.443 e. The number of nitrogens with zero attached hydrogens (tertiary/aromatic N) is 3. The highest BCUT2D eigenvalue weighted by molar-refractivity contribution is 5.79. The Kier molecular flexibility index (Phi) is 7.21. The normalized spacial score (nSPS) is 12.1. The molecule has 2 aromatic rings. The van der Waals surface area contributed by atoms with Crippen LogP contribution in [0.15, 0.2) is 39.9 Å². The van der Waals surface area contributed by atoms with E-state index in [1.165, 1.54) is 12.1 Å². The van der Waals surface area contributed by atoms with Crippen LogP contribution < -0.4 is 15.5 Å². The molecule has 0 spiro atoms. The monoisotopic (exact) mass is 375 g/mol. The third-order valence-corrected chi connectivity index (χ3v) is 4.14. The van der Waals surface area contributed by atoms with Crippen LogP contribution in [0.2, 0.25) is 0 Å². The van der Waals surface area contributed by atoms with E-state index in [4.69, 9.17) is 4.42 Å². The highest BCUT2D eigenvalue weighted by Gasteiger charge is 2.19. The number of aromatic nitrogens is 1. The quantitative estimate of drug-likeness (QED) is 0.442. The van der Waals surface area contributed by atoms with Gasteiger partial charge in [-0.25, -0.2) is 9.37 Å². The SMILES string of the molecule is CN=C(NCCCN(C)c1cccc(F)c1)NCc1ncc(C(C)(C)C)o1. The first-order chi connectivity index (χ1) is 12.8. The minimum atomic E-state index is -0.219. The fourth-order valence-corrected chi connectivity index (χ4v) is 2.48. The Labute approximate surface area is 160 Å². The Bertz CT molecular complexity index is 751. The number of anilines is 1. The highest BCUT2D eigenvalue weighted by Crippen LogP contribution is 2.22. The molecule has 0 radical (unpaired) electrons. The summed E-state index contributed by atoms with van der Waals surface area (Å²) in [6.07, 6.45) is 2.66. The topological polar surface area (TPSA) is 65.7 Å². The number of oxazole rings is 1. The molecule has 6 nitrogen and oxygen atoms in total. The van der Waals surface area contributed by atoms with Gasteiger partial charge in [-0.05, 0) is 24.6 Å². The van der Waals surface area contributed by atoms with Crippen LogP contribution in [-0.2, 0) is 12.0 Å². The van der Waals surface area contributed by atoms with Gasteiger partial charge in [-0.3, -0.25) is 4.99 Å². The van der Waals surface area contributed by atoms with Gasteiger partial charge in [0.05, 0.1) is 12.7 Å². The predicted molar refractivity (Wildman–Crippen MR) is 108 cm³/mol. The van der Waals surface area contributed by atoms with E-state index in [0.717, 1.165) is 31.0 Å². The van der Waals surface area contributed by atoms with Crippen LogP contribution in [0, 0.1) is 5.82 Å². The number of halogens is 1. The van der Waals surface area contributed by atoms with Gasteiger partial charge >= 0.3 is 0 Å². The Morgan fingerprint density at radius 2 is 2.07 bits per heavy atom. The Morgan fingerprint density at radius 3 is 2.70 bits per heavy atom. The Hall–Kier alpha value is -2.57. The van der Waals surface area contributed by atoms with Crippen molar-refractivity contribution in [3.63, 3.8) is 0 Å². The Morgan fingerprint density at radius 1 is 1.30 bits per heavy atom. The molecule has 1 aromatic heterocycles. The summed E-state index contributed by atoms with van der Waals surface area (Å²) in [5.41, 5.74) is 0.815. The summed E-state index contributed by atoms with van der Waals surface area (Å²) < 4.78 is 19.0. The van der Waals surface area contributed by atoms with Crippen LogP contribution >= 0.6 is 0 Å². The molecule has 0 fully saturated rings. The van der Waals surface area contributed by atoms with Crippen LogP contribution in [0.1, 0.15) is 38.8 Å². The second-order valence-corrected chi connectivity index (χ2v) is 7.48. The van der Waals surface area contributed by atoms with E-state index >= 15 is 0 Å². The average molecular weight is 375 g/mol. The molecule has 148 valence electrons. The number of rotatable bonds is 7. The van der Waals surface area contributed by atoms with Gasteiger partial charge in [0.25, 0.3) is 0 Å². The zero-order valence-electron chi connectivity index (χ0n) is 16.8. The summed E-state index contributed by atoms with van der Waals surface area (Å²) >= 11 is 0. The second kappa shape index (κ2) is 9.39. The van der Waals surface area contributed by atoms with Crippen LogP contribution in [-0.4, -0.2) is 38.1 Å². The van der Waals surface area contributed by atoms with Gasteiger partial charge in [-0.1, -0.05) is 26.8 Å². The summed E-state index contributed by atoms with van der Waals surface area (Å²) in [7, 11) is 3.68. The first kappa shape index (κ1) is 20.7. The summed E-state index contributed by atoms with van der Waals surface area (Å²) in [6, 6.07) is 6.61. The number of nitrogens with one attached hydrogen (secondary N) is 2. The highest BCUT2D eigenvalue weighted by atomic mass is 19.1. The van der Waals surface area contributed by atoms with Gasteiger partial charge < -0.3 is 20.0 Å². The molecule has 0 saturated carbocycles. The molecule has 0 aliphatic carbocycles. The fourth-order valence-electron chi connectivity index (χ4n) is 2.48. The van der Waals surface area contributed by atoms with E-state index in [9.17, 15) is 4.39 Å². The van der Waals surface area contributed by atoms with Gasteiger partial charge in [-0.15, -0.1) is 0 Å². The maximum atomic E-state index is 13.3. The first-order valence-corrected chi connectivity index (χ1v) is 9.16. The van der Waals surface area contributed by atoms with E-state index < -0.39 is 0 Å². The van der Waals surface area contributed by atoms with E-state index in [1.807, 2.05) is 18.0 Å². The van der Waals surface area contributed by atoms with Crippen LogP contribution in [0.3, 0.4) is 0 Å². The molecule has 1 heterocycles. The molecule has 0 aliphatic heterocycles. The molecule has 0 bridgehead atoms. The summed E-state index contributed by atoms with van der Waals surface area (Å²) in [6.45, 7) is 8.30. The van der Waals surface area contributed by atoms with Crippen molar-refractivity contribution in [2.75, 3.05) is 32.1 Å². The number of guanidine groups is 1. The van der Waals surface area contributed by atoms with Crippen molar-refractivity contribution in [2.24, 2.45) is 4.99 Å². The van der Waals surface area contributed by atoms with Crippen molar-refractivity contribution in [1.29, 1.82) is 0 Å². The third-order valence-electron chi connectivity index (χ3n) is 4.14. The number of benzene rings is 1.